The van der Waals surface area contributed by atoms with Gasteiger partial charge in [-0.25, -0.2) is 0 Å². The number of halogens is 3. The fourth-order valence-electron chi connectivity index (χ4n) is 2.54. The Morgan fingerprint density at radius 2 is 1.91 bits per heavy atom. The second kappa shape index (κ2) is 12.4. The van der Waals surface area contributed by atoms with Crippen LogP contribution in [-0.2, 0) is 38.9 Å². The largest absolute Gasteiger partial charge is 0.811 e. The van der Waals surface area contributed by atoms with Gasteiger partial charge in [0.2, 0.25) is 5.56 Å². The van der Waals surface area contributed by atoms with Gasteiger partial charge < -0.3 is 21.0 Å². The van der Waals surface area contributed by atoms with Crippen molar-refractivity contribution in [3.63, 3.8) is 0 Å². The van der Waals surface area contributed by atoms with Gasteiger partial charge in [0.1, 0.15) is 7.85 Å². The third-order valence-corrected chi connectivity index (χ3v) is 3.96. The van der Waals surface area contributed by atoms with Crippen LogP contribution in [0.1, 0.15) is 15.9 Å². The molecule has 0 saturated carbocycles. The number of aromatic amines is 1. The van der Waals surface area contributed by atoms with Gasteiger partial charge >= 0.3 is 6.18 Å². The van der Waals surface area contributed by atoms with Crippen LogP contribution in [0.15, 0.2) is 65.6 Å². The number of amides is 1. The molecule has 0 spiro atoms. The molecule has 1 amide bonds. The first-order chi connectivity index (χ1) is 14.7. The van der Waals surface area contributed by atoms with Crippen molar-refractivity contribution in [3.05, 3.63) is 93.0 Å². The van der Waals surface area contributed by atoms with E-state index in [1.54, 1.807) is 19.2 Å². The molecule has 3 radical (unpaired) electrons. The third kappa shape index (κ3) is 7.46. The maximum absolute atomic E-state index is 12.8. The number of H-pyrrole nitrogens is 1. The number of carbonyl (C=O) groups is 1. The third-order valence-electron chi connectivity index (χ3n) is 3.96. The van der Waals surface area contributed by atoms with E-state index < -0.39 is 17.6 Å². The van der Waals surface area contributed by atoms with Gasteiger partial charge in [0, 0.05) is 60.9 Å². The molecule has 0 saturated heterocycles. The van der Waals surface area contributed by atoms with Crippen LogP contribution in [0.25, 0.3) is 21.6 Å². The van der Waals surface area contributed by atoms with Gasteiger partial charge in [0.05, 0.1) is 5.56 Å². The van der Waals surface area contributed by atoms with Crippen molar-refractivity contribution >= 4 is 42.0 Å². The fraction of sp³-hybridized carbons (Fsp3) is 0.0952. The van der Waals surface area contributed by atoms with Crippen LogP contribution in [0.4, 0.5) is 18.9 Å². The SMILES string of the molecule is C[N-]/C=C\C=[N-].[B]c1ccc(C(F)(F)F)cc1NC(=O)c1cccc2[nH]c(=O)ccc12.[Y]. The quantitative estimate of drug-likeness (QED) is 0.411. The van der Waals surface area contributed by atoms with Gasteiger partial charge in [-0.1, -0.05) is 23.7 Å². The molecular weight excluding hydrogens is 497 g/mol. The maximum Gasteiger partial charge on any atom is 0.416 e. The molecule has 3 aromatic rings. The van der Waals surface area contributed by atoms with E-state index in [2.05, 4.69) is 15.6 Å². The van der Waals surface area contributed by atoms with Gasteiger partial charge in [-0.3, -0.25) is 9.59 Å². The molecule has 0 bridgehead atoms. The van der Waals surface area contributed by atoms with Crippen LogP contribution in [0, 0.1) is 0 Å². The van der Waals surface area contributed by atoms with E-state index in [1.807, 2.05) is 0 Å². The Morgan fingerprint density at radius 1 is 1.19 bits per heavy atom. The summed E-state index contributed by atoms with van der Waals surface area (Å²) in [5, 5.41) is 14.3. The summed E-state index contributed by atoms with van der Waals surface area (Å²) in [7, 11) is 7.30. The van der Waals surface area contributed by atoms with Gasteiger partial charge in [-0.05, 0) is 24.3 Å². The number of benzene rings is 2. The standard InChI is InChI=1S/C17H10BF3N2O2.C4H6N2.Y/c18-12-6-4-9(17(19,20)21)8-14(12)23-16(25)11-2-1-3-13-10(11)5-7-15(24)22-13;1-6-4-2-3-5;/h1-8H,(H,22,24)(H,23,25);2-4H,1H3;/q;-2;/b;4-2-;. The number of hydrogen-bond donors (Lipinski definition) is 2. The number of carbonyl (C=O) groups excluding carboxylic acids is 1. The molecule has 0 fully saturated rings. The number of alkyl halides is 3. The van der Waals surface area contributed by atoms with Crippen LogP contribution in [-0.4, -0.2) is 32.0 Å². The predicted octanol–water partition coefficient (Wildman–Crippen LogP) is 3.73. The molecule has 161 valence electrons. The Kier molecular flexibility index (Phi) is 10.6. The summed E-state index contributed by atoms with van der Waals surface area (Å²) < 4.78 is 38.5. The fourth-order valence-corrected chi connectivity index (χ4v) is 2.54. The molecule has 1 heterocycles. The number of aromatic nitrogens is 1. The number of fused-ring (bicyclic) bond motifs is 1. The molecule has 11 heteroatoms. The Labute approximate surface area is 208 Å². The minimum absolute atomic E-state index is 0. The van der Waals surface area contributed by atoms with Crippen LogP contribution in [0.2, 0.25) is 0 Å². The number of nitrogens with zero attached hydrogens (tertiary/aromatic N) is 2. The van der Waals surface area contributed by atoms with E-state index in [4.69, 9.17) is 13.3 Å². The Hall–Kier alpha value is -2.71. The summed E-state index contributed by atoms with van der Waals surface area (Å²) in [4.78, 5) is 26.4. The van der Waals surface area contributed by atoms with Crippen molar-refractivity contribution in [2.45, 2.75) is 6.18 Å². The first kappa shape index (κ1) is 27.3. The Balaban J connectivity index is 0.000000648. The zero-order valence-electron chi connectivity index (χ0n) is 16.9. The zero-order valence-corrected chi connectivity index (χ0v) is 19.7. The molecule has 0 aliphatic heterocycles. The second-order valence-electron chi connectivity index (χ2n) is 6.09. The van der Waals surface area contributed by atoms with Crippen molar-refractivity contribution in [2.75, 3.05) is 12.4 Å². The smallest absolute Gasteiger partial charge is 0.416 e. The summed E-state index contributed by atoms with van der Waals surface area (Å²) in [5.74, 6) is -0.635. The van der Waals surface area contributed by atoms with E-state index in [9.17, 15) is 22.8 Å². The molecule has 0 aliphatic rings. The monoisotopic (exact) mass is 513 g/mol. The summed E-state index contributed by atoms with van der Waals surface area (Å²) in [6.07, 6.45) is -0.668. The predicted molar refractivity (Wildman–Crippen MR) is 117 cm³/mol. The topological polar surface area (TPSA) is 98.4 Å². The summed E-state index contributed by atoms with van der Waals surface area (Å²) >= 11 is 0. The minimum Gasteiger partial charge on any atom is -0.811 e. The number of anilines is 1. The average Bonchev–Trinajstić information content (AvgIpc) is 2.72. The molecule has 2 aromatic carbocycles. The second-order valence-corrected chi connectivity index (χ2v) is 6.09. The van der Waals surface area contributed by atoms with Gasteiger partial charge in [0.15, 0.2) is 0 Å². The van der Waals surface area contributed by atoms with Crippen molar-refractivity contribution in [3.8, 4) is 0 Å². The Bertz CT molecular complexity index is 1180. The number of nitrogens with one attached hydrogen (secondary N) is 2. The molecule has 3 rings (SSSR count). The molecule has 1 aromatic heterocycles. The van der Waals surface area contributed by atoms with Crippen LogP contribution in [0.5, 0.6) is 0 Å². The molecule has 32 heavy (non-hydrogen) atoms. The molecule has 0 unspecified atom stereocenters. The van der Waals surface area contributed by atoms with Crippen molar-refractivity contribution in [1.29, 1.82) is 0 Å². The maximum atomic E-state index is 12.8. The normalized spacial score (nSPS) is 10.6. The molecule has 0 aliphatic carbocycles. The van der Waals surface area contributed by atoms with Crippen LogP contribution >= 0.6 is 0 Å². The van der Waals surface area contributed by atoms with E-state index in [-0.39, 0.29) is 55.0 Å². The molecular formula is C21H16BF3N4O2Y-2. The minimum atomic E-state index is -4.55. The first-order valence-corrected chi connectivity index (χ1v) is 8.79. The number of hydrogen-bond acceptors (Lipinski definition) is 2. The van der Waals surface area contributed by atoms with E-state index in [0.717, 1.165) is 24.4 Å². The number of allylic oxidation sites excluding steroid dienone is 1. The van der Waals surface area contributed by atoms with Crippen LogP contribution in [0.3, 0.4) is 0 Å². The summed E-state index contributed by atoms with van der Waals surface area (Å²) in [5.41, 5.74) is -0.731. The van der Waals surface area contributed by atoms with E-state index >= 15 is 0 Å². The summed E-state index contributed by atoms with van der Waals surface area (Å²) in [6.45, 7) is 0. The number of pyridine rings is 1. The van der Waals surface area contributed by atoms with E-state index in [0.29, 0.717) is 10.9 Å². The van der Waals surface area contributed by atoms with Crippen LogP contribution < -0.4 is 16.3 Å². The van der Waals surface area contributed by atoms with Gasteiger partial charge in [-0.15, -0.1) is 13.1 Å². The van der Waals surface area contributed by atoms with E-state index in [1.165, 1.54) is 30.5 Å². The molecule has 6 nitrogen and oxygen atoms in total. The van der Waals surface area contributed by atoms with Gasteiger partial charge in [0.25, 0.3) is 5.91 Å². The average molecular weight is 513 g/mol. The van der Waals surface area contributed by atoms with Crippen molar-refractivity contribution in [2.24, 2.45) is 0 Å². The molecule has 0 atom stereocenters. The Morgan fingerprint density at radius 3 is 2.50 bits per heavy atom. The van der Waals surface area contributed by atoms with Gasteiger partial charge in [-0.2, -0.15) is 25.6 Å². The molecule has 2 N–H and O–H groups in total. The first-order valence-electron chi connectivity index (χ1n) is 8.79. The van der Waals surface area contributed by atoms with Crippen molar-refractivity contribution < 1.29 is 50.7 Å². The van der Waals surface area contributed by atoms with Crippen molar-refractivity contribution in [1.82, 2.24) is 4.98 Å². The zero-order chi connectivity index (χ0) is 23.0. The summed E-state index contributed by atoms with van der Waals surface area (Å²) in [6, 6.07) is 10.1. The number of rotatable bonds is 4.